The Balaban J connectivity index is 1.97. The highest BCUT2D eigenvalue weighted by Gasteiger charge is 2.05. The number of nitrogens with zero attached hydrogens (tertiary/aromatic N) is 1. The van der Waals surface area contributed by atoms with Crippen molar-refractivity contribution in [2.75, 3.05) is 5.73 Å². The summed E-state index contributed by atoms with van der Waals surface area (Å²) in [6, 6.07) is 18.1. The van der Waals surface area contributed by atoms with Gasteiger partial charge in [-0.1, -0.05) is 42.5 Å². The van der Waals surface area contributed by atoms with E-state index in [1.807, 2.05) is 48.7 Å². The Labute approximate surface area is 110 Å². The number of benzene rings is 2. The van der Waals surface area contributed by atoms with E-state index >= 15 is 0 Å². The second-order valence-corrected chi connectivity index (χ2v) is 5.05. The van der Waals surface area contributed by atoms with Gasteiger partial charge in [0, 0.05) is 17.4 Å². The molecule has 1 aromatic heterocycles. The number of nitrogens with two attached hydrogens (primary N) is 1. The summed E-state index contributed by atoms with van der Waals surface area (Å²) in [5, 5.41) is 1.04. The Morgan fingerprint density at radius 3 is 2.28 bits per heavy atom. The largest absolute Gasteiger partial charge is 0.399 e. The van der Waals surface area contributed by atoms with Crippen molar-refractivity contribution in [3.8, 4) is 21.0 Å². The van der Waals surface area contributed by atoms with Crippen molar-refractivity contribution in [3.63, 3.8) is 0 Å². The number of nitrogen functional groups attached to an aromatic ring is 1. The van der Waals surface area contributed by atoms with Crippen molar-refractivity contribution >= 4 is 17.0 Å². The van der Waals surface area contributed by atoms with Gasteiger partial charge in [-0.3, -0.25) is 0 Å². The van der Waals surface area contributed by atoms with Crippen LogP contribution in [0.1, 0.15) is 0 Å². The van der Waals surface area contributed by atoms with Crippen LogP contribution in [0.4, 0.5) is 5.69 Å². The molecule has 0 aliphatic heterocycles. The van der Waals surface area contributed by atoms with Crippen molar-refractivity contribution in [1.29, 1.82) is 0 Å². The Morgan fingerprint density at radius 2 is 1.56 bits per heavy atom. The quantitative estimate of drug-likeness (QED) is 0.698. The Morgan fingerprint density at radius 1 is 0.833 bits per heavy atom. The molecule has 88 valence electrons. The predicted octanol–water partition coefficient (Wildman–Crippen LogP) is 4.06. The van der Waals surface area contributed by atoms with E-state index in [0.29, 0.717) is 0 Å². The lowest BCUT2D eigenvalue weighted by Gasteiger charge is -1.97. The van der Waals surface area contributed by atoms with Crippen LogP contribution in [0.3, 0.4) is 0 Å². The van der Waals surface area contributed by atoms with E-state index in [0.717, 1.165) is 26.7 Å². The molecule has 0 atom stereocenters. The molecule has 0 bridgehead atoms. The fourth-order valence-corrected chi connectivity index (χ4v) is 2.70. The molecule has 0 spiro atoms. The summed E-state index contributed by atoms with van der Waals surface area (Å²) in [5.74, 6) is 0. The monoisotopic (exact) mass is 252 g/mol. The number of hydrogen-bond acceptors (Lipinski definition) is 3. The first-order valence-electron chi connectivity index (χ1n) is 5.70. The molecular formula is C15H12N2S. The highest BCUT2D eigenvalue weighted by molar-refractivity contribution is 7.18. The molecule has 0 aliphatic carbocycles. The van der Waals surface area contributed by atoms with E-state index in [9.17, 15) is 0 Å². The van der Waals surface area contributed by atoms with Crippen LogP contribution in [0.5, 0.6) is 0 Å². The Hall–Kier alpha value is -2.13. The molecule has 0 aliphatic rings. The van der Waals surface area contributed by atoms with Crippen molar-refractivity contribution in [2.45, 2.75) is 0 Å². The van der Waals surface area contributed by atoms with Gasteiger partial charge in [0.25, 0.3) is 0 Å². The third-order valence-electron chi connectivity index (χ3n) is 2.72. The SMILES string of the molecule is Nc1ccc(-c2cnc(-c3ccccc3)s2)cc1. The standard InChI is InChI=1S/C15H12N2S/c16-13-8-6-11(7-9-13)14-10-17-15(18-14)12-4-2-1-3-5-12/h1-10H,16H2. The molecule has 0 amide bonds. The van der Waals surface area contributed by atoms with Gasteiger partial charge >= 0.3 is 0 Å². The molecule has 3 heteroatoms. The molecule has 0 saturated carbocycles. The lowest BCUT2D eigenvalue weighted by atomic mass is 10.2. The summed E-state index contributed by atoms with van der Waals surface area (Å²) in [7, 11) is 0. The van der Waals surface area contributed by atoms with E-state index in [1.165, 1.54) is 0 Å². The third-order valence-corrected chi connectivity index (χ3v) is 3.82. The van der Waals surface area contributed by atoms with Crippen molar-refractivity contribution in [3.05, 3.63) is 60.8 Å². The van der Waals surface area contributed by atoms with Crippen LogP contribution in [0.25, 0.3) is 21.0 Å². The molecule has 2 aromatic carbocycles. The first-order chi connectivity index (χ1) is 8.83. The Kier molecular flexibility index (Phi) is 2.82. The fraction of sp³-hybridized carbons (Fsp3) is 0. The van der Waals surface area contributed by atoms with Crippen LogP contribution in [0, 0.1) is 0 Å². The second kappa shape index (κ2) is 4.63. The first kappa shape index (κ1) is 11.0. The van der Waals surface area contributed by atoms with E-state index in [2.05, 4.69) is 17.1 Å². The summed E-state index contributed by atoms with van der Waals surface area (Å²) in [6.07, 6.45) is 1.92. The highest BCUT2D eigenvalue weighted by atomic mass is 32.1. The van der Waals surface area contributed by atoms with Crippen LogP contribution in [-0.2, 0) is 0 Å². The van der Waals surface area contributed by atoms with E-state index in [1.54, 1.807) is 11.3 Å². The topological polar surface area (TPSA) is 38.9 Å². The summed E-state index contributed by atoms with van der Waals surface area (Å²) < 4.78 is 0. The maximum atomic E-state index is 5.69. The zero-order valence-electron chi connectivity index (χ0n) is 9.71. The zero-order valence-corrected chi connectivity index (χ0v) is 10.5. The van der Waals surface area contributed by atoms with E-state index in [-0.39, 0.29) is 0 Å². The minimum Gasteiger partial charge on any atom is -0.399 e. The van der Waals surface area contributed by atoms with Crippen LogP contribution < -0.4 is 5.73 Å². The van der Waals surface area contributed by atoms with Crippen LogP contribution in [0.15, 0.2) is 60.8 Å². The molecule has 18 heavy (non-hydrogen) atoms. The van der Waals surface area contributed by atoms with Crippen molar-refractivity contribution in [2.24, 2.45) is 0 Å². The molecule has 3 rings (SSSR count). The molecule has 0 radical (unpaired) electrons. The molecule has 3 aromatic rings. The van der Waals surface area contributed by atoms with Gasteiger partial charge < -0.3 is 5.73 Å². The van der Waals surface area contributed by atoms with Gasteiger partial charge in [0.15, 0.2) is 0 Å². The molecular weight excluding hydrogens is 240 g/mol. The number of thiazole rings is 1. The fourth-order valence-electron chi connectivity index (χ4n) is 1.77. The van der Waals surface area contributed by atoms with Crippen LogP contribution in [-0.4, -0.2) is 4.98 Å². The van der Waals surface area contributed by atoms with E-state index < -0.39 is 0 Å². The van der Waals surface area contributed by atoms with Gasteiger partial charge in [-0.05, 0) is 17.7 Å². The zero-order chi connectivity index (χ0) is 12.4. The highest BCUT2D eigenvalue weighted by Crippen LogP contribution is 2.32. The van der Waals surface area contributed by atoms with Crippen LogP contribution in [0.2, 0.25) is 0 Å². The molecule has 2 nitrogen and oxygen atoms in total. The number of aromatic nitrogens is 1. The average molecular weight is 252 g/mol. The molecule has 0 fully saturated rings. The smallest absolute Gasteiger partial charge is 0.123 e. The molecule has 2 N–H and O–H groups in total. The summed E-state index contributed by atoms with van der Waals surface area (Å²) in [4.78, 5) is 5.63. The molecule has 1 heterocycles. The predicted molar refractivity (Wildman–Crippen MR) is 77.4 cm³/mol. The summed E-state index contributed by atoms with van der Waals surface area (Å²) >= 11 is 1.69. The lowest BCUT2D eigenvalue weighted by molar-refractivity contribution is 1.41. The second-order valence-electron chi connectivity index (χ2n) is 4.02. The minimum atomic E-state index is 0.784. The summed E-state index contributed by atoms with van der Waals surface area (Å²) in [6.45, 7) is 0. The molecule has 0 unspecified atom stereocenters. The van der Waals surface area contributed by atoms with Crippen LogP contribution >= 0.6 is 11.3 Å². The third kappa shape index (κ3) is 2.13. The van der Waals surface area contributed by atoms with Gasteiger partial charge in [0.2, 0.25) is 0 Å². The number of hydrogen-bond donors (Lipinski definition) is 1. The van der Waals surface area contributed by atoms with Gasteiger partial charge in [-0.2, -0.15) is 0 Å². The van der Waals surface area contributed by atoms with Gasteiger partial charge in [0.1, 0.15) is 5.01 Å². The average Bonchev–Trinajstić information content (AvgIpc) is 2.90. The minimum absolute atomic E-state index is 0.784. The number of anilines is 1. The molecule has 0 saturated heterocycles. The lowest BCUT2D eigenvalue weighted by Crippen LogP contribution is -1.82. The van der Waals surface area contributed by atoms with Gasteiger partial charge in [0.05, 0.1) is 4.88 Å². The van der Waals surface area contributed by atoms with Gasteiger partial charge in [-0.25, -0.2) is 4.98 Å². The maximum Gasteiger partial charge on any atom is 0.123 e. The van der Waals surface area contributed by atoms with Crippen molar-refractivity contribution < 1.29 is 0 Å². The first-order valence-corrected chi connectivity index (χ1v) is 6.52. The summed E-state index contributed by atoms with van der Waals surface area (Å²) in [5.41, 5.74) is 8.79. The normalized spacial score (nSPS) is 10.4. The van der Waals surface area contributed by atoms with Crippen molar-refractivity contribution in [1.82, 2.24) is 4.98 Å². The Bertz CT molecular complexity index is 642. The van der Waals surface area contributed by atoms with Gasteiger partial charge in [-0.15, -0.1) is 11.3 Å². The number of rotatable bonds is 2. The van der Waals surface area contributed by atoms with E-state index in [4.69, 9.17) is 5.73 Å². The maximum absolute atomic E-state index is 5.69.